The van der Waals surface area contributed by atoms with Gasteiger partial charge < -0.3 is 4.43 Å². The third-order valence-corrected chi connectivity index (χ3v) is 3.33. The smallest absolute Gasteiger partial charge is 0.328 e. The van der Waals surface area contributed by atoms with Gasteiger partial charge in [-0.05, 0) is 32.5 Å². The standard InChI is InChI=1S/C10H19NOSi/c1-11-10(12-13(2,3)4)8-6-5-7-9-10/h5-9H2,2-4H3. The molecule has 1 aliphatic rings. The average molecular weight is 197 g/mol. The largest absolute Gasteiger partial charge is 0.351 e. The van der Waals surface area contributed by atoms with Crippen LogP contribution in [0.25, 0.3) is 4.85 Å². The SMILES string of the molecule is [C-]#[N+]C1(O[Si](C)(C)C)CCCCC1. The van der Waals surface area contributed by atoms with Crippen LogP contribution >= 0.6 is 0 Å². The molecule has 0 saturated heterocycles. The molecule has 0 aliphatic heterocycles. The summed E-state index contributed by atoms with van der Waals surface area (Å²) in [6, 6.07) is 0. The molecular weight excluding hydrogens is 178 g/mol. The highest BCUT2D eigenvalue weighted by Crippen LogP contribution is 2.35. The summed E-state index contributed by atoms with van der Waals surface area (Å²) >= 11 is 0. The van der Waals surface area contributed by atoms with Crippen molar-refractivity contribution in [1.82, 2.24) is 0 Å². The molecule has 0 amide bonds. The Kier molecular flexibility index (Phi) is 3.15. The van der Waals surface area contributed by atoms with Crippen molar-refractivity contribution in [3.8, 4) is 0 Å². The molecule has 0 spiro atoms. The van der Waals surface area contributed by atoms with Crippen LogP contribution in [0.1, 0.15) is 32.1 Å². The summed E-state index contributed by atoms with van der Waals surface area (Å²) in [6.07, 6.45) is 5.48. The van der Waals surface area contributed by atoms with Gasteiger partial charge in [0.1, 0.15) is 0 Å². The van der Waals surface area contributed by atoms with Crippen molar-refractivity contribution in [3.05, 3.63) is 11.4 Å². The second-order valence-electron chi connectivity index (χ2n) is 4.83. The van der Waals surface area contributed by atoms with Gasteiger partial charge in [0, 0.05) is 0 Å². The molecule has 0 aromatic heterocycles. The van der Waals surface area contributed by atoms with E-state index in [0.717, 1.165) is 25.7 Å². The van der Waals surface area contributed by atoms with Crippen LogP contribution in [0.3, 0.4) is 0 Å². The maximum atomic E-state index is 7.25. The number of rotatable bonds is 2. The van der Waals surface area contributed by atoms with Gasteiger partial charge in [-0.2, -0.15) is 0 Å². The molecule has 3 heteroatoms. The second-order valence-corrected chi connectivity index (χ2v) is 9.26. The van der Waals surface area contributed by atoms with Gasteiger partial charge in [0.05, 0.1) is 12.8 Å². The Bertz CT molecular complexity index is 208. The Balaban J connectivity index is 2.65. The first-order valence-corrected chi connectivity index (χ1v) is 8.47. The van der Waals surface area contributed by atoms with Gasteiger partial charge in [0.15, 0.2) is 8.32 Å². The molecule has 0 radical (unpaired) electrons. The Hall–Kier alpha value is -0.333. The predicted molar refractivity (Wildman–Crippen MR) is 56.8 cm³/mol. The minimum atomic E-state index is -1.55. The maximum Gasteiger partial charge on any atom is 0.328 e. The minimum Gasteiger partial charge on any atom is -0.351 e. The Morgan fingerprint density at radius 2 is 1.69 bits per heavy atom. The van der Waals surface area contributed by atoms with Crippen molar-refractivity contribution < 1.29 is 4.43 Å². The fourth-order valence-corrected chi connectivity index (χ4v) is 3.30. The molecule has 1 aliphatic carbocycles. The third-order valence-electron chi connectivity index (χ3n) is 2.33. The molecule has 1 rings (SSSR count). The van der Waals surface area contributed by atoms with Crippen LogP contribution in [0.4, 0.5) is 0 Å². The van der Waals surface area contributed by atoms with E-state index in [1.54, 1.807) is 0 Å². The van der Waals surface area contributed by atoms with Gasteiger partial charge >= 0.3 is 5.72 Å². The molecular formula is C10H19NOSi. The van der Waals surface area contributed by atoms with Gasteiger partial charge in [-0.25, -0.2) is 6.57 Å². The van der Waals surface area contributed by atoms with Crippen LogP contribution < -0.4 is 0 Å². The van der Waals surface area contributed by atoms with E-state index < -0.39 is 14.0 Å². The summed E-state index contributed by atoms with van der Waals surface area (Å²) in [5.41, 5.74) is -0.442. The van der Waals surface area contributed by atoms with Crippen LogP contribution in [-0.4, -0.2) is 14.0 Å². The lowest BCUT2D eigenvalue weighted by Crippen LogP contribution is -2.41. The van der Waals surface area contributed by atoms with Crippen LogP contribution in [0.2, 0.25) is 19.6 Å². The van der Waals surface area contributed by atoms with Crippen molar-refractivity contribution in [1.29, 1.82) is 0 Å². The molecule has 0 aromatic carbocycles. The van der Waals surface area contributed by atoms with E-state index in [2.05, 4.69) is 24.5 Å². The zero-order chi connectivity index (χ0) is 9.95. The molecule has 74 valence electrons. The van der Waals surface area contributed by atoms with Crippen molar-refractivity contribution in [2.24, 2.45) is 0 Å². The van der Waals surface area contributed by atoms with Crippen LogP contribution in [0, 0.1) is 6.57 Å². The maximum absolute atomic E-state index is 7.25. The zero-order valence-electron chi connectivity index (χ0n) is 8.89. The van der Waals surface area contributed by atoms with Gasteiger partial charge in [-0.1, -0.05) is 6.42 Å². The lowest BCUT2D eigenvalue weighted by Gasteiger charge is -2.31. The number of hydrogen-bond acceptors (Lipinski definition) is 1. The van der Waals surface area contributed by atoms with E-state index in [0.29, 0.717) is 0 Å². The van der Waals surface area contributed by atoms with Crippen molar-refractivity contribution in [2.75, 3.05) is 0 Å². The molecule has 0 aromatic rings. The molecule has 0 unspecified atom stereocenters. The molecule has 0 heterocycles. The summed E-state index contributed by atoms with van der Waals surface area (Å²) in [5.74, 6) is 0. The van der Waals surface area contributed by atoms with Crippen LogP contribution in [0.15, 0.2) is 0 Å². The predicted octanol–water partition coefficient (Wildman–Crippen LogP) is 3.42. The van der Waals surface area contributed by atoms with Crippen LogP contribution in [-0.2, 0) is 4.43 Å². The number of nitrogens with zero attached hydrogens (tertiary/aromatic N) is 1. The topological polar surface area (TPSA) is 13.6 Å². The highest BCUT2D eigenvalue weighted by molar-refractivity contribution is 6.69. The summed E-state index contributed by atoms with van der Waals surface area (Å²) in [6.45, 7) is 13.7. The summed E-state index contributed by atoms with van der Waals surface area (Å²) < 4.78 is 6.00. The highest BCUT2D eigenvalue weighted by Gasteiger charge is 2.42. The van der Waals surface area contributed by atoms with Gasteiger partial charge in [0.25, 0.3) is 0 Å². The highest BCUT2D eigenvalue weighted by atomic mass is 28.4. The molecule has 0 N–H and O–H groups in total. The van der Waals surface area contributed by atoms with E-state index in [4.69, 9.17) is 11.0 Å². The average Bonchev–Trinajstić information content (AvgIpc) is 2.03. The molecule has 13 heavy (non-hydrogen) atoms. The van der Waals surface area contributed by atoms with E-state index in [9.17, 15) is 0 Å². The molecule has 1 saturated carbocycles. The first-order valence-electron chi connectivity index (χ1n) is 5.06. The van der Waals surface area contributed by atoms with E-state index in [-0.39, 0.29) is 0 Å². The van der Waals surface area contributed by atoms with Gasteiger partial charge in [-0.15, -0.1) is 0 Å². The summed E-state index contributed by atoms with van der Waals surface area (Å²) in [4.78, 5) is 3.73. The minimum absolute atomic E-state index is 0.442. The zero-order valence-corrected chi connectivity index (χ0v) is 9.89. The fraction of sp³-hybridized carbons (Fsp3) is 0.900. The lowest BCUT2D eigenvalue weighted by molar-refractivity contribution is 0.0674. The second kappa shape index (κ2) is 3.81. The third kappa shape index (κ3) is 3.13. The van der Waals surface area contributed by atoms with Crippen LogP contribution in [0.5, 0.6) is 0 Å². The first kappa shape index (κ1) is 10.7. The molecule has 0 bridgehead atoms. The fourth-order valence-electron chi connectivity index (χ4n) is 1.91. The van der Waals surface area contributed by atoms with Gasteiger partial charge in [0.2, 0.25) is 0 Å². The Morgan fingerprint density at radius 3 is 2.08 bits per heavy atom. The van der Waals surface area contributed by atoms with Crippen molar-refractivity contribution in [2.45, 2.75) is 57.5 Å². The lowest BCUT2D eigenvalue weighted by atomic mass is 9.93. The Morgan fingerprint density at radius 1 is 1.15 bits per heavy atom. The summed E-state index contributed by atoms with van der Waals surface area (Å²) in [5, 5.41) is 0. The number of hydrogen-bond donors (Lipinski definition) is 0. The quantitative estimate of drug-likeness (QED) is 0.488. The van der Waals surface area contributed by atoms with E-state index in [1.807, 2.05) is 0 Å². The monoisotopic (exact) mass is 197 g/mol. The molecule has 0 atom stereocenters. The van der Waals surface area contributed by atoms with Crippen molar-refractivity contribution >= 4 is 8.32 Å². The van der Waals surface area contributed by atoms with E-state index in [1.165, 1.54) is 6.42 Å². The van der Waals surface area contributed by atoms with Crippen molar-refractivity contribution in [3.63, 3.8) is 0 Å². The molecule has 2 nitrogen and oxygen atoms in total. The normalized spacial score (nSPS) is 22.3. The first-order chi connectivity index (χ1) is 5.97. The van der Waals surface area contributed by atoms with Gasteiger partial charge in [-0.3, -0.25) is 4.85 Å². The van der Waals surface area contributed by atoms with E-state index >= 15 is 0 Å². The summed E-state index contributed by atoms with van der Waals surface area (Å²) in [7, 11) is -1.55. The Labute approximate surface area is 82.2 Å². The molecule has 1 fully saturated rings.